The molecule has 0 radical (unpaired) electrons. The number of aryl methyl sites for hydroxylation is 1. The average molecular weight is 244 g/mol. The van der Waals surface area contributed by atoms with Crippen LogP contribution in [-0.4, -0.2) is 6.54 Å². The molecule has 0 saturated carbocycles. The summed E-state index contributed by atoms with van der Waals surface area (Å²) >= 11 is 6.09. The van der Waals surface area contributed by atoms with Crippen LogP contribution in [0.15, 0.2) is 12.1 Å². The number of hydrogen-bond donors (Lipinski definition) is 1. The van der Waals surface area contributed by atoms with Gasteiger partial charge in [0, 0.05) is 11.1 Å². The molecule has 0 fully saturated rings. The second-order valence-electron chi connectivity index (χ2n) is 4.02. The Labute approximate surface area is 102 Å². The van der Waals surface area contributed by atoms with Crippen LogP contribution in [-0.2, 0) is 0 Å². The number of hydrogen-bond acceptors (Lipinski definition) is 1. The predicted octanol–water partition coefficient (Wildman–Crippen LogP) is 4.24. The van der Waals surface area contributed by atoms with E-state index in [4.69, 9.17) is 11.6 Å². The van der Waals surface area contributed by atoms with Crippen LogP contribution in [0.4, 0.5) is 4.39 Å². The lowest BCUT2D eigenvalue weighted by Crippen LogP contribution is -2.21. The smallest absolute Gasteiger partial charge is 0.127 e. The Bertz CT molecular complexity index is 346. The molecule has 0 bridgehead atoms. The van der Waals surface area contributed by atoms with E-state index in [0.717, 1.165) is 24.9 Å². The lowest BCUT2D eigenvalue weighted by Gasteiger charge is -2.19. The monoisotopic (exact) mass is 243 g/mol. The molecule has 0 aliphatic heterocycles. The second kappa shape index (κ2) is 6.21. The molecule has 0 spiro atoms. The Morgan fingerprint density at radius 3 is 2.62 bits per heavy atom. The van der Waals surface area contributed by atoms with E-state index >= 15 is 0 Å². The minimum absolute atomic E-state index is 0.224. The fourth-order valence-corrected chi connectivity index (χ4v) is 2.13. The predicted molar refractivity (Wildman–Crippen MR) is 67.5 cm³/mol. The van der Waals surface area contributed by atoms with Crippen molar-refractivity contribution < 1.29 is 4.39 Å². The van der Waals surface area contributed by atoms with E-state index in [0.29, 0.717) is 10.6 Å². The van der Waals surface area contributed by atoms with E-state index < -0.39 is 0 Å². The van der Waals surface area contributed by atoms with Gasteiger partial charge in [0.15, 0.2) is 0 Å². The number of nitrogens with one attached hydrogen (secondary N) is 1. The third kappa shape index (κ3) is 3.19. The van der Waals surface area contributed by atoms with Crippen molar-refractivity contribution in [2.24, 2.45) is 0 Å². The fourth-order valence-electron chi connectivity index (χ4n) is 1.85. The SMILES string of the molecule is CCCC(NCC)c1cc(C)c(F)cc1Cl. The highest BCUT2D eigenvalue weighted by Gasteiger charge is 2.14. The molecule has 1 aromatic carbocycles. The van der Waals surface area contributed by atoms with E-state index in [1.807, 2.05) is 6.07 Å². The standard InChI is InChI=1S/C13H19ClFN/c1-4-6-13(16-5-2)10-7-9(3)12(15)8-11(10)14/h7-8,13,16H,4-6H2,1-3H3. The summed E-state index contributed by atoms with van der Waals surface area (Å²) in [5, 5.41) is 3.90. The topological polar surface area (TPSA) is 12.0 Å². The van der Waals surface area contributed by atoms with Crippen molar-refractivity contribution in [3.05, 3.63) is 34.1 Å². The summed E-state index contributed by atoms with van der Waals surface area (Å²) in [6.07, 6.45) is 2.09. The summed E-state index contributed by atoms with van der Waals surface area (Å²) < 4.78 is 13.3. The number of rotatable bonds is 5. The molecular weight excluding hydrogens is 225 g/mol. The van der Waals surface area contributed by atoms with Gasteiger partial charge in [0.25, 0.3) is 0 Å². The molecule has 0 saturated heterocycles. The van der Waals surface area contributed by atoms with Gasteiger partial charge in [0.1, 0.15) is 5.82 Å². The van der Waals surface area contributed by atoms with Crippen molar-refractivity contribution in [1.29, 1.82) is 0 Å². The molecule has 1 aromatic rings. The van der Waals surface area contributed by atoms with Crippen molar-refractivity contribution in [3.8, 4) is 0 Å². The zero-order valence-corrected chi connectivity index (χ0v) is 10.9. The summed E-state index contributed by atoms with van der Waals surface area (Å²) in [6, 6.07) is 3.48. The maximum absolute atomic E-state index is 13.3. The quantitative estimate of drug-likeness (QED) is 0.816. The van der Waals surface area contributed by atoms with E-state index in [1.54, 1.807) is 6.92 Å². The van der Waals surface area contributed by atoms with Gasteiger partial charge >= 0.3 is 0 Å². The zero-order chi connectivity index (χ0) is 12.1. The Hall–Kier alpha value is -0.600. The van der Waals surface area contributed by atoms with Gasteiger partial charge in [-0.3, -0.25) is 0 Å². The van der Waals surface area contributed by atoms with Gasteiger partial charge in [-0.25, -0.2) is 4.39 Å². The maximum atomic E-state index is 13.3. The Morgan fingerprint density at radius 1 is 1.38 bits per heavy atom. The van der Waals surface area contributed by atoms with Gasteiger partial charge in [0.2, 0.25) is 0 Å². The lowest BCUT2D eigenvalue weighted by atomic mass is 10.00. The summed E-state index contributed by atoms with van der Waals surface area (Å²) in [5.74, 6) is -0.236. The normalized spacial score (nSPS) is 12.8. The molecule has 16 heavy (non-hydrogen) atoms. The fraction of sp³-hybridized carbons (Fsp3) is 0.538. The van der Waals surface area contributed by atoms with Crippen LogP contribution in [0.3, 0.4) is 0 Å². The van der Waals surface area contributed by atoms with Crippen LogP contribution in [0.2, 0.25) is 5.02 Å². The third-order valence-corrected chi connectivity index (χ3v) is 3.01. The van der Waals surface area contributed by atoms with Crippen LogP contribution < -0.4 is 5.32 Å². The van der Waals surface area contributed by atoms with Gasteiger partial charge in [-0.2, -0.15) is 0 Å². The van der Waals surface area contributed by atoms with Gasteiger partial charge in [0.05, 0.1) is 0 Å². The van der Waals surface area contributed by atoms with Crippen molar-refractivity contribution in [2.75, 3.05) is 6.54 Å². The first-order valence-corrected chi connectivity index (χ1v) is 6.16. The van der Waals surface area contributed by atoms with E-state index in [2.05, 4.69) is 19.2 Å². The van der Waals surface area contributed by atoms with Crippen molar-refractivity contribution in [3.63, 3.8) is 0 Å². The van der Waals surface area contributed by atoms with Crippen molar-refractivity contribution >= 4 is 11.6 Å². The summed E-state index contributed by atoms with van der Waals surface area (Å²) in [5.41, 5.74) is 1.66. The van der Waals surface area contributed by atoms with Crippen LogP contribution in [0, 0.1) is 12.7 Å². The molecule has 0 aliphatic rings. The Morgan fingerprint density at radius 2 is 2.06 bits per heavy atom. The molecule has 1 rings (SSSR count). The summed E-state index contributed by atoms with van der Waals surface area (Å²) in [6.45, 7) is 6.85. The Balaban J connectivity index is 3.03. The van der Waals surface area contributed by atoms with Crippen LogP contribution in [0.25, 0.3) is 0 Å². The van der Waals surface area contributed by atoms with Gasteiger partial charge in [-0.1, -0.05) is 37.9 Å². The molecule has 1 unspecified atom stereocenters. The van der Waals surface area contributed by atoms with E-state index in [-0.39, 0.29) is 11.9 Å². The molecule has 90 valence electrons. The first-order valence-electron chi connectivity index (χ1n) is 5.79. The minimum Gasteiger partial charge on any atom is -0.310 e. The zero-order valence-electron chi connectivity index (χ0n) is 10.1. The van der Waals surface area contributed by atoms with Crippen molar-refractivity contribution in [1.82, 2.24) is 5.32 Å². The van der Waals surface area contributed by atoms with Gasteiger partial charge in [-0.05, 0) is 37.1 Å². The van der Waals surface area contributed by atoms with Gasteiger partial charge < -0.3 is 5.32 Å². The molecule has 1 N–H and O–H groups in total. The molecule has 1 atom stereocenters. The molecule has 1 nitrogen and oxygen atoms in total. The third-order valence-electron chi connectivity index (χ3n) is 2.68. The molecular formula is C13H19ClFN. The van der Waals surface area contributed by atoms with E-state index in [9.17, 15) is 4.39 Å². The first kappa shape index (κ1) is 13.5. The maximum Gasteiger partial charge on any atom is 0.127 e. The summed E-state index contributed by atoms with van der Waals surface area (Å²) in [7, 11) is 0. The highest BCUT2D eigenvalue weighted by Crippen LogP contribution is 2.28. The first-order chi connectivity index (χ1) is 7.60. The number of halogens is 2. The van der Waals surface area contributed by atoms with Crippen LogP contribution in [0.1, 0.15) is 43.9 Å². The van der Waals surface area contributed by atoms with Crippen molar-refractivity contribution in [2.45, 2.75) is 39.7 Å². The highest BCUT2D eigenvalue weighted by atomic mass is 35.5. The molecule has 3 heteroatoms. The summed E-state index contributed by atoms with van der Waals surface area (Å²) in [4.78, 5) is 0. The average Bonchev–Trinajstić information content (AvgIpc) is 2.23. The molecule has 0 aromatic heterocycles. The van der Waals surface area contributed by atoms with Crippen LogP contribution >= 0.6 is 11.6 Å². The van der Waals surface area contributed by atoms with Crippen LogP contribution in [0.5, 0.6) is 0 Å². The lowest BCUT2D eigenvalue weighted by molar-refractivity contribution is 0.507. The number of benzene rings is 1. The molecule has 0 amide bonds. The second-order valence-corrected chi connectivity index (χ2v) is 4.43. The van der Waals surface area contributed by atoms with E-state index in [1.165, 1.54) is 6.07 Å². The largest absolute Gasteiger partial charge is 0.310 e. The Kier molecular flexibility index (Phi) is 5.23. The molecule has 0 aliphatic carbocycles. The van der Waals surface area contributed by atoms with Gasteiger partial charge in [-0.15, -0.1) is 0 Å². The highest BCUT2D eigenvalue weighted by molar-refractivity contribution is 6.31. The minimum atomic E-state index is -0.236. The molecule has 0 heterocycles.